The van der Waals surface area contributed by atoms with E-state index in [1.165, 1.54) is 12.1 Å². The highest BCUT2D eigenvalue weighted by Gasteiger charge is 2.32. The number of hydrogen-bond donors (Lipinski definition) is 2. The third-order valence-corrected chi connectivity index (χ3v) is 5.41. The number of carboxylic acids is 1. The molecule has 5 nitrogen and oxygen atoms in total. The molecule has 29 heavy (non-hydrogen) atoms. The Hall–Kier alpha value is -3.41. The minimum atomic E-state index is -0.982. The third kappa shape index (κ3) is 4.21. The minimum absolute atomic E-state index is 0.171. The molecule has 0 amide bonds. The van der Waals surface area contributed by atoms with E-state index >= 15 is 0 Å². The van der Waals surface area contributed by atoms with Gasteiger partial charge in [-0.25, -0.2) is 9.18 Å². The average molecular weight is 392 g/mol. The maximum atomic E-state index is 14.5. The highest BCUT2D eigenvalue weighted by Crippen LogP contribution is 2.48. The van der Waals surface area contributed by atoms with Crippen LogP contribution in [0.25, 0.3) is 0 Å². The zero-order valence-corrected chi connectivity index (χ0v) is 15.7. The Morgan fingerprint density at radius 1 is 1.07 bits per heavy atom. The number of carbonyl (C=O) groups is 1. The van der Waals surface area contributed by atoms with Gasteiger partial charge in [-0.1, -0.05) is 18.2 Å². The van der Waals surface area contributed by atoms with Gasteiger partial charge in [0.15, 0.2) is 11.6 Å². The van der Waals surface area contributed by atoms with Crippen LogP contribution >= 0.6 is 0 Å². The molecule has 0 saturated heterocycles. The summed E-state index contributed by atoms with van der Waals surface area (Å²) in [6.07, 6.45) is 5.37. The lowest BCUT2D eigenvalue weighted by molar-refractivity contribution is 0.0697. The van der Waals surface area contributed by atoms with Crippen LogP contribution in [0.4, 0.5) is 10.1 Å². The molecule has 1 aromatic heterocycles. The Kier molecular flexibility index (Phi) is 5.16. The summed E-state index contributed by atoms with van der Waals surface area (Å²) in [6.45, 7) is 0.171. The molecule has 0 bridgehead atoms. The zero-order chi connectivity index (χ0) is 20.4. The molecule has 1 aliphatic carbocycles. The first-order chi connectivity index (χ1) is 14.0. The molecule has 4 rings (SSSR count). The topological polar surface area (TPSA) is 85.4 Å². The van der Waals surface area contributed by atoms with Crippen molar-refractivity contribution in [1.29, 1.82) is 0 Å². The second-order valence-corrected chi connectivity index (χ2v) is 7.40. The molecule has 0 spiro atoms. The van der Waals surface area contributed by atoms with E-state index in [2.05, 4.69) is 4.98 Å². The summed E-state index contributed by atoms with van der Waals surface area (Å²) in [7, 11) is 0. The normalized spacial score (nSPS) is 18.1. The van der Waals surface area contributed by atoms with Gasteiger partial charge in [-0.3, -0.25) is 4.98 Å². The van der Waals surface area contributed by atoms with E-state index in [0.717, 1.165) is 29.5 Å². The lowest BCUT2D eigenvalue weighted by Gasteiger charge is -2.36. The number of ether oxygens (including phenoxy) is 1. The van der Waals surface area contributed by atoms with Crippen molar-refractivity contribution < 1.29 is 19.0 Å². The van der Waals surface area contributed by atoms with Crippen molar-refractivity contribution in [1.82, 2.24) is 4.98 Å². The van der Waals surface area contributed by atoms with Gasteiger partial charge in [0.1, 0.15) is 6.61 Å². The van der Waals surface area contributed by atoms with E-state index in [-0.39, 0.29) is 17.9 Å². The van der Waals surface area contributed by atoms with Crippen LogP contribution < -0.4 is 10.5 Å². The van der Waals surface area contributed by atoms with Crippen molar-refractivity contribution in [2.45, 2.75) is 31.3 Å². The number of rotatable bonds is 6. The van der Waals surface area contributed by atoms with Crippen LogP contribution in [-0.2, 0) is 6.61 Å². The van der Waals surface area contributed by atoms with E-state index in [9.17, 15) is 9.18 Å². The third-order valence-electron chi connectivity index (χ3n) is 5.41. The summed E-state index contributed by atoms with van der Waals surface area (Å²) in [6, 6.07) is 13.4. The lowest BCUT2D eigenvalue weighted by Crippen LogP contribution is -2.20. The first kappa shape index (κ1) is 18.9. The molecule has 0 aliphatic heterocycles. The SMILES string of the molecule is Nc1cncc(C2CC(c3ccc(OCc4ccc(C(=O)O)cc4)c(F)c3)C2)c1. The number of pyridine rings is 1. The number of carboxylic acid groups (broad SMARTS) is 1. The van der Waals surface area contributed by atoms with Crippen molar-refractivity contribution in [2.75, 3.05) is 5.73 Å². The predicted octanol–water partition coefficient (Wildman–Crippen LogP) is 4.74. The number of halogens is 1. The Balaban J connectivity index is 1.35. The molecule has 0 radical (unpaired) electrons. The molecular weight excluding hydrogens is 371 g/mol. The number of aromatic nitrogens is 1. The van der Waals surface area contributed by atoms with Gasteiger partial charge in [0.25, 0.3) is 0 Å². The van der Waals surface area contributed by atoms with Crippen LogP contribution in [0.15, 0.2) is 60.9 Å². The Morgan fingerprint density at radius 2 is 1.79 bits per heavy atom. The smallest absolute Gasteiger partial charge is 0.335 e. The van der Waals surface area contributed by atoms with Gasteiger partial charge in [0.2, 0.25) is 0 Å². The largest absolute Gasteiger partial charge is 0.486 e. The highest BCUT2D eigenvalue weighted by molar-refractivity contribution is 5.87. The number of nitrogens with zero attached hydrogens (tertiary/aromatic N) is 1. The molecule has 148 valence electrons. The Bertz CT molecular complexity index is 1030. The van der Waals surface area contributed by atoms with Crippen LogP contribution in [0.1, 0.15) is 51.7 Å². The fourth-order valence-electron chi connectivity index (χ4n) is 3.65. The summed E-state index contributed by atoms with van der Waals surface area (Å²) in [5, 5.41) is 8.92. The molecule has 1 saturated carbocycles. The molecular formula is C23H21FN2O3. The summed E-state index contributed by atoms with van der Waals surface area (Å²) in [4.78, 5) is 15.0. The van der Waals surface area contributed by atoms with Gasteiger partial charge in [-0.05, 0) is 71.7 Å². The van der Waals surface area contributed by atoms with E-state index in [1.54, 1.807) is 30.5 Å². The van der Waals surface area contributed by atoms with E-state index < -0.39 is 11.8 Å². The fraction of sp³-hybridized carbons (Fsp3) is 0.217. The van der Waals surface area contributed by atoms with Crippen molar-refractivity contribution in [3.8, 4) is 5.75 Å². The van der Waals surface area contributed by atoms with Crippen LogP contribution in [0.3, 0.4) is 0 Å². The summed E-state index contributed by atoms with van der Waals surface area (Å²) in [5.41, 5.74) is 9.54. The highest BCUT2D eigenvalue weighted by atomic mass is 19.1. The van der Waals surface area contributed by atoms with Gasteiger partial charge in [-0.15, -0.1) is 0 Å². The number of nitrogen functional groups attached to an aromatic ring is 1. The molecule has 0 atom stereocenters. The molecule has 0 unspecified atom stereocenters. The summed E-state index contributed by atoms with van der Waals surface area (Å²) < 4.78 is 20.1. The van der Waals surface area contributed by atoms with Crippen LogP contribution in [0.2, 0.25) is 0 Å². The molecule has 1 fully saturated rings. The maximum absolute atomic E-state index is 14.5. The summed E-state index contributed by atoms with van der Waals surface area (Å²) in [5.74, 6) is -0.465. The molecule has 3 aromatic rings. The first-order valence-corrected chi connectivity index (χ1v) is 9.44. The quantitative estimate of drug-likeness (QED) is 0.633. The van der Waals surface area contributed by atoms with Crippen LogP contribution in [0, 0.1) is 5.82 Å². The maximum Gasteiger partial charge on any atom is 0.335 e. The number of anilines is 1. The Labute approximate surface area is 168 Å². The molecule has 1 heterocycles. The summed E-state index contributed by atoms with van der Waals surface area (Å²) >= 11 is 0. The molecule has 3 N–H and O–H groups in total. The number of benzene rings is 2. The minimum Gasteiger partial charge on any atom is -0.486 e. The average Bonchev–Trinajstić information content (AvgIpc) is 2.66. The van der Waals surface area contributed by atoms with Gasteiger partial charge in [-0.2, -0.15) is 0 Å². The number of hydrogen-bond acceptors (Lipinski definition) is 4. The number of nitrogens with two attached hydrogens (primary N) is 1. The molecule has 6 heteroatoms. The van der Waals surface area contributed by atoms with Gasteiger partial charge < -0.3 is 15.6 Å². The monoisotopic (exact) mass is 392 g/mol. The van der Waals surface area contributed by atoms with Crippen LogP contribution in [0.5, 0.6) is 5.75 Å². The fourth-order valence-corrected chi connectivity index (χ4v) is 3.65. The van der Waals surface area contributed by atoms with Crippen molar-refractivity contribution in [2.24, 2.45) is 0 Å². The Morgan fingerprint density at radius 3 is 2.45 bits per heavy atom. The lowest BCUT2D eigenvalue weighted by atomic mass is 9.69. The van der Waals surface area contributed by atoms with E-state index in [1.807, 2.05) is 18.3 Å². The van der Waals surface area contributed by atoms with Crippen molar-refractivity contribution in [3.05, 3.63) is 89.0 Å². The zero-order valence-electron chi connectivity index (χ0n) is 15.7. The number of aromatic carboxylic acids is 1. The molecule has 1 aliphatic rings. The first-order valence-electron chi connectivity index (χ1n) is 9.44. The van der Waals surface area contributed by atoms with Gasteiger partial charge in [0.05, 0.1) is 11.3 Å². The second-order valence-electron chi connectivity index (χ2n) is 7.40. The predicted molar refractivity (Wildman–Crippen MR) is 107 cm³/mol. The van der Waals surface area contributed by atoms with Crippen LogP contribution in [-0.4, -0.2) is 16.1 Å². The van der Waals surface area contributed by atoms with Crippen molar-refractivity contribution in [3.63, 3.8) is 0 Å². The second kappa shape index (κ2) is 7.91. The van der Waals surface area contributed by atoms with Gasteiger partial charge >= 0.3 is 5.97 Å². The van der Waals surface area contributed by atoms with Gasteiger partial charge in [0, 0.05) is 12.4 Å². The van der Waals surface area contributed by atoms with E-state index in [4.69, 9.17) is 15.6 Å². The standard InChI is InChI=1S/C23H21FN2O3/c24-21-10-16(17-7-18(8-17)19-9-20(25)12-26-11-19)5-6-22(21)29-13-14-1-3-15(4-2-14)23(27)28/h1-6,9-12,17-18H,7-8,13,25H2,(H,27,28). The molecule has 2 aromatic carbocycles. The van der Waals surface area contributed by atoms with Crippen molar-refractivity contribution >= 4 is 11.7 Å². The van der Waals surface area contributed by atoms with E-state index in [0.29, 0.717) is 17.5 Å².